The molecule has 0 aliphatic carbocycles. The smallest absolute Gasteiger partial charge is 0.258 e. The summed E-state index contributed by atoms with van der Waals surface area (Å²) < 4.78 is 0. The quantitative estimate of drug-likeness (QED) is 0.477. The number of aliphatic imine (C=N–C) groups is 4. The molecule has 0 unspecified atom stereocenters. The number of nitro groups is 3. The minimum atomic E-state index is -1.09. The molecule has 5 heterocycles. The molecule has 0 saturated heterocycles. The zero-order valence-corrected chi connectivity index (χ0v) is 16.3. The second-order valence-electron chi connectivity index (χ2n) is 6.94. The zero-order valence-electron chi connectivity index (χ0n) is 16.3. The first kappa shape index (κ1) is 19.7. The number of hydrogen-bond donors (Lipinski definition) is 0. The fourth-order valence-corrected chi connectivity index (χ4v) is 3.52. The first-order valence-corrected chi connectivity index (χ1v) is 9.27. The van der Waals surface area contributed by atoms with E-state index in [2.05, 4.69) is 20.0 Å². The summed E-state index contributed by atoms with van der Waals surface area (Å²) in [6, 6.07) is 0. The van der Waals surface area contributed by atoms with Crippen molar-refractivity contribution in [1.29, 1.82) is 0 Å². The average Bonchev–Trinajstić information content (AvgIpc) is 3.51. The lowest BCUT2D eigenvalue weighted by Gasteiger charge is -1.99. The number of fused-ring (bicyclic) bond motifs is 4. The summed E-state index contributed by atoms with van der Waals surface area (Å²) >= 11 is 0. The summed E-state index contributed by atoms with van der Waals surface area (Å²) in [5.74, 6) is 0. The number of allylic oxidation sites excluding steroid dienone is 9. The zero-order chi connectivity index (χ0) is 23.3. The van der Waals surface area contributed by atoms with Gasteiger partial charge < -0.3 is 0 Å². The minimum absolute atomic E-state index is 0.227. The second-order valence-corrected chi connectivity index (χ2v) is 6.94. The molecule has 0 atom stereocenters. The summed E-state index contributed by atoms with van der Waals surface area (Å²) in [7, 11) is 0. The van der Waals surface area contributed by atoms with E-state index in [1.165, 1.54) is 18.2 Å². The largest absolute Gasteiger partial charge is 0.380 e. The van der Waals surface area contributed by atoms with Crippen LogP contribution < -0.4 is 0 Å². The summed E-state index contributed by atoms with van der Waals surface area (Å²) in [6.45, 7) is 0. The molecular formula is C20H9N7O6. The van der Waals surface area contributed by atoms with Gasteiger partial charge >= 0.3 is 17.1 Å². The van der Waals surface area contributed by atoms with Crippen LogP contribution in [0, 0.1) is 30.3 Å². The maximum Gasteiger partial charge on any atom is 0.380 e. The van der Waals surface area contributed by atoms with Gasteiger partial charge in [-0.25, -0.2) is 20.0 Å². The molecule has 5 aliphatic rings. The molecule has 0 fully saturated rings. The summed E-state index contributed by atoms with van der Waals surface area (Å²) in [4.78, 5) is 49.2. The van der Waals surface area contributed by atoms with Crippen LogP contribution in [0.2, 0.25) is 0 Å². The van der Waals surface area contributed by atoms with Gasteiger partial charge in [-0.05, 0) is 54.7 Å². The van der Waals surface area contributed by atoms with Crippen molar-refractivity contribution in [2.24, 2.45) is 20.0 Å². The van der Waals surface area contributed by atoms with Gasteiger partial charge in [0.1, 0.15) is 5.71 Å². The lowest BCUT2D eigenvalue weighted by molar-refractivity contribution is -0.463. The van der Waals surface area contributed by atoms with E-state index < -0.39 is 43.3 Å². The molecule has 5 rings (SSSR count). The Kier molecular flexibility index (Phi) is 4.30. The SMILES string of the molecule is O=[N+]([O-])C1=C2N=C(C=C3C=CC(=N3)C=C3C=CC(=N3)C=C3C=CC1=N3)C([N+](=O)[O-])=C2[N+](=O)[O-]. The molecule has 13 nitrogen and oxygen atoms in total. The van der Waals surface area contributed by atoms with Gasteiger partial charge in [-0.3, -0.25) is 30.3 Å². The molecule has 13 heteroatoms. The molecular weight excluding hydrogens is 434 g/mol. The van der Waals surface area contributed by atoms with E-state index in [9.17, 15) is 30.3 Å². The maximum absolute atomic E-state index is 11.9. The highest BCUT2D eigenvalue weighted by Gasteiger charge is 2.47. The van der Waals surface area contributed by atoms with Gasteiger partial charge in [0.15, 0.2) is 5.71 Å². The number of rotatable bonds is 3. The van der Waals surface area contributed by atoms with Crippen LogP contribution >= 0.6 is 0 Å². The van der Waals surface area contributed by atoms with Crippen molar-refractivity contribution < 1.29 is 14.8 Å². The normalized spacial score (nSPS) is 20.3. The fourth-order valence-electron chi connectivity index (χ4n) is 3.52. The third-order valence-corrected chi connectivity index (χ3v) is 4.84. The van der Waals surface area contributed by atoms with Crippen molar-refractivity contribution in [3.63, 3.8) is 0 Å². The fraction of sp³-hybridized carbons (Fsp3) is 0. The number of hydrogen-bond acceptors (Lipinski definition) is 10. The Balaban J connectivity index is 1.83. The summed E-state index contributed by atoms with van der Waals surface area (Å²) in [5.41, 5.74) is -2.12. The van der Waals surface area contributed by atoms with Crippen molar-refractivity contribution in [3.8, 4) is 0 Å². The summed E-state index contributed by atoms with van der Waals surface area (Å²) in [6.07, 6.45) is 13.8. The van der Waals surface area contributed by atoms with Crippen LogP contribution in [0.25, 0.3) is 0 Å². The van der Waals surface area contributed by atoms with Crippen LogP contribution in [0.5, 0.6) is 0 Å². The lowest BCUT2D eigenvalue weighted by Crippen LogP contribution is -2.16. The molecule has 5 aliphatic heterocycles. The molecule has 0 saturated carbocycles. The van der Waals surface area contributed by atoms with Crippen molar-refractivity contribution in [1.82, 2.24) is 0 Å². The molecule has 160 valence electrons. The standard InChI is InChI=1S/C20H9N7O6/c28-25(29)18-15-6-5-13(23-15)8-12-2-1-10(21-12)7-11-3-4-14(22-11)9-16-19(26(30)31)20(27(32)33)17(18)24-16/h1-9H. The van der Waals surface area contributed by atoms with Gasteiger partial charge in [0, 0.05) is 0 Å². The van der Waals surface area contributed by atoms with E-state index in [1.807, 2.05) is 0 Å². The molecule has 8 bridgehead atoms. The lowest BCUT2D eigenvalue weighted by atomic mass is 10.1. The van der Waals surface area contributed by atoms with E-state index in [0.29, 0.717) is 22.8 Å². The topological polar surface area (TPSA) is 179 Å². The Morgan fingerprint density at radius 3 is 1.61 bits per heavy atom. The van der Waals surface area contributed by atoms with Gasteiger partial charge in [0.25, 0.3) is 0 Å². The predicted octanol–water partition coefficient (Wildman–Crippen LogP) is 2.39. The Bertz CT molecular complexity index is 1470. The maximum atomic E-state index is 11.9. The van der Waals surface area contributed by atoms with E-state index in [0.717, 1.165) is 6.08 Å². The second kappa shape index (κ2) is 7.19. The van der Waals surface area contributed by atoms with Gasteiger partial charge in [0.05, 0.1) is 43.3 Å². The van der Waals surface area contributed by atoms with Crippen LogP contribution in [0.3, 0.4) is 0 Å². The minimum Gasteiger partial charge on any atom is -0.258 e. The molecule has 0 aromatic carbocycles. The van der Waals surface area contributed by atoms with E-state index in [1.54, 1.807) is 30.4 Å². The van der Waals surface area contributed by atoms with Crippen molar-refractivity contribution in [2.45, 2.75) is 0 Å². The van der Waals surface area contributed by atoms with Crippen molar-refractivity contribution in [2.75, 3.05) is 0 Å². The van der Waals surface area contributed by atoms with E-state index in [4.69, 9.17) is 0 Å². The highest BCUT2D eigenvalue weighted by atomic mass is 16.6. The van der Waals surface area contributed by atoms with E-state index >= 15 is 0 Å². The van der Waals surface area contributed by atoms with Crippen molar-refractivity contribution >= 4 is 22.8 Å². The average molecular weight is 443 g/mol. The third-order valence-electron chi connectivity index (χ3n) is 4.84. The monoisotopic (exact) mass is 443 g/mol. The highest BCUT2D eigenvalue weighted by molar-refractivity contribution is 6.16. The molecule has 0 aromatic rings. The van der Waals surface area contributed by atoms with Gasteiger partial charge in [-0.15, -0.1) is 0 Å². The molecule has 0 N–H and O–H groups in total. The first-order chi connectivity index (χ1) is 15.8. The Hall–Kier alpha value is -5.20. The highest BCUT2D eigenvalue weighted by Crippen LogP contribution is 2.32. The first-order valence-electron chi connectivity index (χ1n) is 9.27. The van der Waals surface area contributed by atoms with Crippen LogP contribution in [-0.4, -0.2) is 37.6 Å². The Morgan fingerprint density at radius 1 is 0.515 bits per heavy atom. The Morgan fingerprint density at radius 2 is 1.03 bits per heavy atom. The van der Waals surface area contributed by atoms with Gasteiger partial charge in [-0.1, -0.05) is 0 Å². The van der Waals surface area contributed by atoms with Gasteiger partial charge in [-0.2, -0.15) is 0 Å². The van der Waals surface area contributed by atoms with Crippen LogP contribution in [0.4, 0.5) is 0 Å². The predicted molar refractivity (Wildman–Crippen MR) is 116 cm³/mol. The summed E-state index contributed by atoms with van der Waals surface area (Å²) in [5, 5.41) is 35.4. The van der Waals surface area contributed by atoms with E-state index in [-0.39, 0.29) is 11.4 Å². The third kappa shape index (κ3) is 3.38. The Labute approximate surface area is 183 Å². The molecule has 0 spiro atoms. The van der Waals surface area contributed by atoms with Crippen LogP contribution in [0.1, 0.15) is 0 Å². The molecule has 33 heavy (non-hydrogen) atoms. The number of nitrogens with zero attached hydrogens (tertiary/aromatic N) is 7. The van der Waals surface area contributed by atoms with Gasteiger partial charge in [0.2, 0.25) is 5.70 Å². The van der Waals surface area contributed by atoms with Crippen LogP contribution in [-0.2, 0) is 0 Å². The molecule has 0 amide bonds. The van der Waals surface area contributed by atoms with Crippen molar-refractivity contribution in [3.05, 3.63) is 125 Å². The molecule has 0 aromatic heterocycles. The molecule has 0 radical (unpaired) electrons. The van der Waals surface area contributed by atoms with Crippen LogP contribution in [0.15, 0.2) is 115 Å².